The maximum Gasteiger partial charge on any atom is 0.307 e. The third-order valence-corrected chi connectivity index (χ3v) is 3.18. The Morgan fingerprint density at radius 2 is 2.00 bits per heavy atom. The molecule has 3 unspecified atom stereocenters. The zero-order valence-corrected chi connectivity index (χ0v) is 10.3. The van der Waals surface area contributed by atoms with E-state index in [0.29, 0.717) is 31.7 Å². The van der Waals surface area contributed by atoms with Gasteiger partial charge in [-0.25, -0.2) is 0 Å². The molecule has 1 saturated carbocycles. The van der Waals surface area contributed by atoms with Crippen molar-refractivity contribution in [3.8, 4) is 11.8 Å². The zero-order chi connectivity index (χ0) is 12.8. The SMILES string of the molecule is CC#CCCNC(=O)C1CC(C)CC1C(=O)O. The molecule has 0 aromatic heterocycles. The molecule has 0 aliphatic heterocycles. The van der Waals surface area contributed by atoms with Gasteiger partial charge in [-0.15, -0.1) is 11.8 Å². The summed E-state index contributed by atoms with van der Waals surface area (Å²) >= 11 is 0. The van der Waals surface area contributed by atoms with Gasteiger partial charge in [0, 0.05) is 13.0 Å². The van der Waals surface area contributed by atoms with Crippen LogP contribution in [0.15, 0.2) is 0 Å². The number of nitrogens with one attached hydrogen (secondary N) is 1. The first kappa shape index (κ1) is 13.6. The highest BCUT2D eigenvalue weighted by Gasteiger charge is 2.40. The fourth-order valence-electron chi connectivity index (χ4n) is 2.36. The standard InChI is InChI=1S/C13H19NO3/c1-3-4-5-6-14-12(15)10-7-9(2)8-11(10)13(16)17/h9-11H,5-8H2,1-2H3,(H,14,15)(H,16,17). The third-order valence-electron chi connectivity index (χ3n) is 3.18. The number of carbonyl (C=O) groups is 2. The minimum Gasteiger partial charge on any atom is -0.481 e. The third kappa shape index (κ3) is 3.77. The summed E-state index contributed by atoms with van der Waals surface area (Å²) in [5.74, 6) is 4.01. The summed E-state index contributed by atoms with van der Waals surface area (Å²) in [6.45, 7) is 4.24. The van der Waals surface area contributed by atoms with E-state index < -0.39 is 11.9 Å². The van der Waals surface area contributed by atoms with Gasteiger partial charge in [0.15, 0.2) is 0 Å². The van der Waals surface area contributed by atoms with Crippen molar-refractivity contribution < 1.29 is 14.7 Å². The van der Waals surface area contributed by atoms with Crippen LogP contribution in [0.5, 0.6) is 0 Å². The lowest BCUT2D eigenvalue weighted by Crippen LogP contribution is -2.35. The Balaban J connectivity index is 2.48. The van der Waals surface area contributed by atoms with Crippen molar-refractivity contribution in [2.24, 2.45) is 17.8 Å². The van der Waals surface area contributed by atoms with E-state index in [1.165, 1.54) is 0 Å². The Morgan fingerprint density at radius 3 is 2.59 bits per heavy atom. The van der Waals surface area contributed by atoms with E-state index >= 15 is 0 Å². The highest BCUT2D eigenvalue weighted by atomic mass is 16.4. The molecule has 0 radical (unpaired) electrons. The second kappa shape index (κ2) is 6.29. The summed E-state index contributed by atoms with van der Waals surface area (Å²) in [6.07, 6.45) is 1.88. The lowest BCUT2D eigenvalue weighted by molar-refractivity contribution is -0.146. The van der Waals surface area contributed by atoms with Crippen molar-refractivity contribution in [2.75, 3.05) is 6.54 Å². The highest BCUT2D eigenvalue weighted by Crippen LogP contribution is 2.36. The molecule has 0 aromatic rings. The Labute approximate surface area is 102 Å². The van der Waals surface area contributed by atoms with Crippen LogP contribution in [0.4, 0.5) is 0 Å². The average Bonchev–Trinajstić information content (AvgIpc) is 2.66. The van der Waals surface area contributed by atoms with Crippen LogP contribution < -0.4 is 5.32 Å². The largest absolute Gasteiger partial charge is 0.481 e. The molecule has 0 bridgehead atoms. The van der Waals surface area contributed by atoms with E-state index in [1.807, 2.05) is 6.92 Å². The number of carbonyl (C=O) groups excluding carboxylic acids is 1. The maximum atomic E-state index is 11.8. The molecule has 0 spiro atoms. The number of aliphatic carboxylic acids is 1. The van der Waals surface area contributed by atoms with E-state index in [-0.39, 0.29) is 11.8 Å². The predicted octanol–water partition coefficient (Wildman–Crippen LogP) is 1.26. The van der Waals surface area contributed by atoms with Crippen molar-refractivity contribution in [3.05, 3.63) is 0 Å². The predicted molar refractivity (Wildman–Crippen MR) is 64.1 cm³/mol. The maximum absolute atomic E-state index is 11.8. The molecule has 4 heteroatoms. The summed E-state index contributed by atoms with van der Waals surface area (Å²) < 4.78 is 0. The second-order valence-electron chi connectivity index (χ2n) is 4.60. The number of carboxylic acids is 1. The Morgan fingerprint density at radius 1 is 1.35 bits per heavy atom. The number of hydrogen-bond acceptors (Lipinski definition) is 2. The number of rotatable bonds is 4. The molecule has 1 fully saturated rings. The molecule has 4 nitrogen and oxygen atoms in total. The smallest absolute Gasteiger partial charge is 0.307 e. The van der Waals surface area contributed by atoms with Gasteiger partial charge in [-0.1, -0.05) is 6.92 Å². The topological polar surface area (TPSA) is 66.4 Å². The van der Waals surface area contributed by atoms with Crippen molar-refractivity contribution >= 4 is 11.9 Å². The van der Waals surface area contributed by atoms with Crippen molar-refractivity contribution in [1.29, 1.82) is 0 Å². The fourth-order valence-corrected chi connectivity index (χ4v) is 2.36. The van der Waals surface area contributed by atoms with Crippen LogP contribution in [-0.4, -0.2) is 23.5 Å². The molecule has 0 aromatic carbocycles. The van der Waals surface area contributed by atoms with Crippen LogP contribution >= 0.6 is 0 Å². The molecule has 1 rings (SSSR count). The normalized spacial score (nSPS) is 27.1. The van der Waals surface area contributed by atoms with E-state index in [4.69, 9.17) is 5.11 Å². The van der Waals surface area contributed by atoms with Crippen LogP contribution in [0.3, 0.4) is 0 Å². The number of amides is 1. The van der Waals surface area contributed by atoms with Gasteiger partial charge < -0.3 is 10.4 Å². The molecule has 1 aliphatic carbocycles. The van der Waals surface area contributed by atoms with Gasteiger partial charge in [-0.05, 0) is 25.7 Å². The minimum atomic E-state index is -0.858. The summed E-state index contributed by atoms with van der Waals surface area (Å²) in [6, 6.07) is 0. The number of hydrogen-bond donors (Lipinski definition) is 2. The molecule has 1 aliphatic rings. The van der Waals surface area contributed by atoms with Crippen LogP contribution in [0.2, 0.25) is 0 Å². The van der Waals surface area contributed by atoms with Gasteiger partial charge in [-0.2, -0.15) is 0 Å². The summed E-state index contributed by atoms with van der Waals surface area (Å²) in [7, 11) is 0. The van der Waals surface area contributed by atoms with Gasteiger partial charge in [0.2, 0.25) is 5.91 Å². The monoisotopic (exact) mass is 237 g/mol. The summed E-state index contributed by atoms with van der Waals surface area (Å²) in [4.78, 5) is 22.9. The van der Waals surface area contributed by atoms with Crippen LogP contribution in [0.25, 0.3) is 0 Å². The highest BCUT2D eigenvalue weighted by molar-refractivity contribution is 5.85. The Kier molecular flexibility index (Phi) is 5.02. The molecule has 94 valence electrons. The van der Waals surface area contributed by atoms with Crippen molar-refractivity contribution in [2.45, 2.75) is 33.1 Å². The van der Waals surface area contributed by atoms with Gasteiger partial charge in [0.1, 0.15) is 0 Å². The average molecular weight is 237 g/mol. The molecule has 0 saturated heterocycles. The Hall–Kier alpha value is -1.50. The van der Waals surface area contributed by atoms with Crippen LogP contribution in [0, 0.1) is 29.6 Å². The quantitative estimate of drug-likeness (QED) is 0.571. The molecule has 1 amide bonds. The Bertz CT molecular complexity index is 353. The van der Waals surface area contributed by atoms with Crippen LogP contribution in [0.1, 0.15) is 33.1 Å². The molecule has 3 atom stereocenters. The first-order chi connectivity index (χ1) is 8.06. The fraction of sp³-hybridized carbons (Fsp3) is 0.692. The van der Waals surface area contributed by atoms with E-state index in [1.54, 1.807) is 6.92 Å². The van der Waals surface area contributed by atoms with Gasteiger partial charge in [-0.3, -0.25) is 9.59 Å². The van der Waals surface area contributed by atoms with Crippen molar-refractivity contribution in [1.82, 2.24) is 5.32 Å². The van der Waals surface area contributed by atoms with Crippen molar-refractivity contribution in [3.63, 3.8) is 0 Å². The lowest BCUT2D eigenvalue weighted by atomic mass is 9.95. The van der Waals surface area contributed by atoms with Gasteiger partial charge in [0.25, 0.3) is 0 Å². The summed E-state index contributed by atoms with van der Waals surface area (Å²) in [5.41, 5.74) is 0. The van der Waals surface area contributed by atoms with Gasteiger partial charge in [0.05, 0.1) is 11.8 Å². The molecule has 17 heavy (non-hydrogen) atoms. The zero-order valence-electron chi connectivity index (χ0n) is 10.3. The van der Waals surface area contributed by atoms with E-state index in [0.717, 1.165) is 0 Å². The first-order valence-corrected chi connectivity index (χ1v) is 5.96. The molecule has 2 N–H and O–H groups in total. The van der Waals surface area contributed by atoms with E-state index in [9.17, 15) is 9.59 Å². The second-order valence-corrected chi connectivity index (χ2v) is 4.60. The molecular weight excluding hydrogens is 218 g/mol. The number of carboxylic acid groups (broad SMARTS) is 1. The van der Waals surface area contributed by atoms with E-state index in [2.05, 4.69) is 17.2 Å². The molecule has 0 heterocycles. The first-order valence-electron chi connectivity index (χ1n) is 5.96. The van der Waals surface area contributed by atoms with Crippen LogP contribution in [-0.2, 0) is 9.59 Å². The van der Waals surface area contributed by atoms with Gasteiger partial charge >= 0.3 is 5.97 Å². The lowest BCUT2D eigenvalue weighted by Gasteiger charge is -2.14. The minimum absolute atomic E-state index is 0.139. The summed E-state index contributed by atoms with van der Waals surface area (Å²) in [5, 5.41) is 11.8. The molecular formula is C13H19NO3.